The van der Waals surface area contributed by atoms with Crippen LogP contribution in [0.4, 0.5) is 19.0 Å². The normalized spacial score (nSPS) is 14.8. The van der Waals surface area contributed by atoms with E-state index in [2.05, 4.69) is 5.10 Å². The van der Waals surface area contributed by atoms with Crippen molar-refractivity contribution in [3.05, 3.63) is 34.5 Å². The van der Waals surface area contributed by atoms with Gasteiger partial charge in [-0.25, -0.2) is 0 Å². The lowest BCUT2D eigenvalue weighted by Gasteiger charge is -2.15. The lowest BCUT2D eigenvalue weighted by molar-refractivity contribution is -0.143. The Labute approximate surface area is 157 Å². The van der Waals surface area contributed by atoms with Crippen LogP contribution in [0.5, 0.6) is 5.75 Å². The highest BCUT2D eigenvalue weighted by molar-refractivity contribution is 6.12. The molecule has 2 aromatic heterocycles. The average Bonchev–Trinajstić information content (AvgIpc) is 3.29. The van der Waals surface area contributed by atoms with Gasteiger partial charge < -0.3 is 16.6 Å². The second kappa shape index (κ2) is 5.66. The number of nitrogens with two attached hydrogens (primary N) is 2. The first kappa shape index (κ1) is 18.2. The second-order valence-corrected chi connectivity index (χ2v) is 7.06. The number of phenols is 1. The van der Waals surface area contributed by atoms with Crippen LogP contribution >= 0.6 is 0 Å². The van der Waals surface area contributed by atoms with Crippen LogP contribution in [0.25, 0.3) is 16.7 Å². The largest absolute Gasteiger partial charge is 0.508 e. The third kappa shape index (κ3) is 2.44. The summed E-state index contributed by atoms with van der Waals surface area (Å²) in [5, 5.41) is 13.9. The van der Waals surface area contributed by atoms with E-state index in [1.807, 2.05) is 0 Å². The monoisotopic (exact) mass is 393 g/mol. The van der Waals surface area contributed by atoms with Gasteiger partial charge in [0.05, 0.1) is 22.7 Å². The Kier molecular flexibility index (Phi) is 3.68. The molecule has 4 rings (SSSR count). The molecule has 7 nitrogen and oxygen atoms in total. The number of aryl methyl sites for hydroxylation is 1. The van der Waals surface area contributed by atoms with Crippen LogP contribution in [0.3, 0.4) is 0 Å². The van der Waals surface area contributed by atoms with Crippen LogP contribution < -0.4 is 11.5 Å². The first-order chi connectivity index (χ1) is 13.0. The molecule has 1 aromatic carbocycles. The molecule has 28 heavy (non-hydrogen) atoms. The summed E-state index contributed by atoms with van der Waals surface area (Å²) in [6.45, 7) is 3.33. The molecule has 3 aromatic rings. The molecule has 1 fully saturated rings. The highest BCUT2D eigenvalue weighted by Gasteiger charge is 2.45. The topological polar surface area (TPSA) is 112 Å². The number of hydrogen-bond donors (Lipinski definition) is 3. The molecule has 0 aliphatic heterocycles. The van der Waals surface area contributed by atoms with Crippen molar-refractivity contribution in [1.29, 1.82) is 0 Å². The SMILES string of the molecule is Cc1ccc(O)c(C)c1-n1c(N)c(C(N)=O)c2c(C(F)(F)F)n(C3CC3)nc21. The van der Waals surface area contributed by atoms with Gasteiger partial charge in [0, 0.05) is 5.56 Å². The third-order valence-corrected chi connectivity index (χ3v) is 5.09. The Balaban J connectivity index is 2.20. The number of nitrogen functional groups attached to an aromatic ring is 1. The minimum atomic E-state index is -4.75. The number of alkyl halides is 3. The van der Waals surface area contributed by atoms with Crippen molar-refractivity contribution in [1.82, 2.24) is 14.3 Å². The van der Waals surface area contributed by atoms with Crippen molar-refractivity contribution in [2.24, 2.45) is 5.73 Å². The Hall–Kier alpha value is -3.17. The predicted molar refractivity (Wildman–Crippen MR) is 96.4 cm³/mol. The quantitative estimate of drug-likeness (QED) is 0.634. The number of benzene rings is 1. The highest BCUT2D eigenvalue weighted by atomic mass is 19.4. The highest BCUT2D eigenvalue weighted by Crippen LogP contribution is 2.46. The second-order valence-electron chi connectivity index (χ2n) is 7.06. The van der Waals surface area contributed by atoms with Crippen molar-refractivity contribution in [2.75, 3.05) is 5.73 Å². The first-order valence-electron chi connectivity index (χ1n) is 8.63. The Morgan fingerprint density at radius 1 is 1.29 bits per heavy atom. The van der Waals surface area contributed by atoms with Crippen LogP contribution in [-0.4, -0.2) is 25.4 Å². The Bertz CT molecular complexity index is 1140. The zero-order chi connectivity index (χ0) is 20.5. The number of anilines is 1. The van der Waals surface area contributed by atoms with E-state index >= 15 is 0 Å². The first-order valence-corrected chi connectivity index (χ1v) is 8.63. The number of rotatable bonds is 3. The van der Waals surface area contributed by atoms with Gasteiger partial charge in [0.1, 0.15) is 11.6 Å². The molecule has 0 unspecified atom stereocenters. The molecule has 1 aliphatic rings. The molecular weight excluding hydrogens is 375 g/mol. The molecular formula is C18H18F3N5O2. The van der Waals surface area contributed by atoms with Gasteiger partial charge in [-0.15, -0.1) is 0 Å². The molecule has 2 heterocycles. The molecule has 0 saturated heterocycles. The summed E-state index contributed by atoms with van der Waals surface area (Å²) in [6.07, 6.45) is -3.61. The maximum Gasteiger partial charge on any atom is 0.433 e. The van der Waals surface area contributed by atoms with Crippen LogP contribution in [0.1, 0.15) is 46.1 Å². The fraction of sp³-hybridized carbons (Fsp3) is 0.333. The number of fused-ring (bicyclic) bond motifs is 1. The summed E-state index contributed by atoms with van der Waals surface area (Å²) in [7, 11) is 0. The van der Waals surface area contributed by atoms with E-state index in [0.29, 0.717) is 29.7 Å². The van der Waals surface area contributed by atoms with E-state index in [1.54, 1.807) is 19.9 Å². The van der Waals surface area contributed by atoms with Crippen LogP contribution in [0, 0.1) is 13.8 Å². The number of halogens is 3. The molecule has 1 amide bonds. The van der Waals surface area contributed by atoms with Crippen molar-refractivity contribution in [3.8, 4) is 11.4 Å². The standard InChI is InChI=1S/C18H18F3N5O2/c1-7-3-6-10(27)8(2)13(7)25-15(22)12(16(23)28)11-14(18(19,20)21)26(9-4-5-9)24-17(11)25/h3,6,9,27H,4-5,22H2,1-2H3,(H2,23,28). The van der Waals surface area contributed by atoms with E-state index in [4.69, 9.17) is 11.5 Å². The van der Waals surface area contributed by atoms with Crippen molar-refractivity contribution in [2.45, 2.75) is 38.9 Å². The fourth-order valence-corrected chi connectivity index (χ4v) is 3.66. The van der Waals surface area contributed by atoms with Crippen LogP contribution in [-0.2, 0) is 6.18 Å². The molecule has 0 spiro atoms. The summed E-state index contributed by atoms with van der Waals surface area (Å²) in [4.78, 5) is 12.1. The van der Waals surface area contributed by atoms with Gasteiger partial charge in [-0.05, 0) is 38.3 Å². The molecule has 5 N–H and O–H groups in total. The molecule has 0 radical (unpaired) electrons. The van der Waals surface area contributed by atoms with Gasteiger partial charge >= 0.3 is 6.18 Å². The zero-order valence-corrected chi connectivity index (χ0v) is 15.1. The number of aromatic hydroxyl groups is 1. The van der Waals surface area contributed by atoms with Crippen LogP contribution in [0.15, 0.2) is 12.1 Å². The Morgan fingerprint density at radius 3 is 2.46 bits per heavy atom. The Morgan fingerprint density at radius 2 is 1.93 bits per heavy atom. The van der Waals surface area contributed by atoms with Crippen molar-refractivity contribution >= 4 is 22.8 Å². The average molecular weight is 393 g/mol. The maximum atomic E-state index is 13.9. The van der Waals surface area contributed by atoms with Gasteiger partial charge in [-0.1, -0.05) is 6.07 Å². The minimum Gasteiger partial charge on any atom is -0.508 e. The number of carbonyl (C=O) groups is 1. The number of amides is 1. The maximum absolute atomic E-state index is 13.9. The van der Waals surface area contributed by atoms with Gasteiger partial charge in [0.2, 0.25) is 0 Å². The van der Waals surface area contributed by atoms with Crippen LogP contribution in [0.2, 0.25) is 0 Å². The van der Waals surface area contributed by atoms with E-state index in [-0.39, 0.29) is 23.3 Å². The number of aromatic nitrogens is 3. The lowest BCUT2D eigenvalue weighted by atomic mass is 10.1. The molecule has 0 atom stereocenters. The number of nitrogens with zero attached hydrogens (tertiary/aromatic N) is 3. The summed E-state index contributed by atoms with van der Waals surface area (Å²) < 4.78 is 43.9. The van der Waals surface area contributed by atoms with E-state index in [0.717, 1.165) is 4.68 Å². The molecule has 148 valence electrons. The van der Waals surface area contributed by atoms with Crippen molar-refractivity contribution in [3.63, 3.8) is 0 Å². The summed E-state index contributed by atoms with van der Waals surface area (Å²) >= 11 is 0. The summed E-state index contributed by atoms with van der Waals surface area (Å²) in [5.41, 5.74) is 11.4. The number of phenolic OH excluding ortho intramolecular Hbond substituents is 1. The van der Waals surface area contributed by atoms with E-state index < -0.39 is 28.7 Å². The molecule has 1 saturated carbocycles. The predicted octanol–water partition coefficient (Wildman–Crippen LogP) is 3.18. The minimum absolute atomic E-state index is 0.0554. The van der Waals surface area contributed by atoms with Crippen molar-refractivity contribution < 1.29 is 23.1 Å². The molecule has 1 aliphatic carbocycles. The van der Waals surface area contributed by atoms with E-state index in [1.165, 1.54) is 10.6 Å². The van der Waals surface area contributed by atoms with Gasteiger partial charge in [-0.3, -0.25) is 14.0 Å². The number of carbonyl (C=O) groups excluding carboxylic acids is 1. The smallest absolute Gasteiger partial charge is 0.433 e. The fourth-order valence-electron chi connectivity index (χ4n) is 3.66. The van der Waals surface area contributed by atoms with Gasteiger partial charge in [0.15, 0.2) is 11.3 Å². The summed E-state index contributed by atoms with van der Waals surface area (Å²) in [6, 6.07) is 2.70. The summed E-state index contributed by atoms with van der Waals surface area (Å²) in [5.74, 6) is -1.37. The van der Waals surface area contributed by atoms with E-state index in [9.17, 15) is 23.1 Å². The molecule has 0 bridgehead atoms. The molecule has 10 heteroatoms. The third-order valence-electron chi connectivity index (χ3n) is 5.09. The zero-order valence-electron chi connectivity index (χ0n) is 15.1. The van der Waals surface area contributed by atoms with Gasteiger partial charge in [0.25, 0.3) is 5.91 Å². The number of hydrogen-bond acceptors (Lipinski definition) is 4. The number of primary amides is 1. The lowest BCUT2D eigenvalue weighted by Crippen LogP contribution is -2.18. The van der Waals surface area contributed by atoms with Gasteiger partial charge in [-0.2, -0.15) is 18.3 Å².